The zero-order chi connectivity index (χ0) is 21.1. The lowest BCUT2D eigenvalue weighted by Crippen LogP contribution is -2.23. The quantitative estimate of drug-likeness (QED) is 0.503. The lowest BCUT2D eigenvalue weighted by Gasteiger charge is -2.08. The average molecular weight is 405 g/mol. The van der Waals surface area contributed by atoms with Crippen LogP contribution < -0.4 is 10.1 Å². The molecule has 0 aliphatic rings. The van der Waals surface area contributed by atoms with Crippen LogP contribution in [0.3, 0.4) is 0 Å². The summed E-state index contributed by atoms with van der Waals surface area (Å²) in [4.78, 5) is 17.6. The molecule has 4 rings (SSSR count). The Labute approximate surface area is 173 Å². The number of methoxy groups -OCH3 is 1. The highest BCUT2D eigenvalue weighted by Gasteiger charge is 2.19. The molecule has 0 aliphatic carbocycles. The van der Waals surface area contributed by atoms with Gasteiger partial charge in [0.1, 0.15) is 5.75 Å². The van der Waals surface area contributed by atoms with Crippen molar-refractivity contribution in [3.63, 3.8) is 0 Å². The number of ether oxygens (including phenoxy) is 1. The van der Waals surface area contributed by atoms with Gasteiger partial charge >= 0.3 is 0 Å². The van der Waals surface area contributed by atoms with Gasteiger partial charge in [-0.1, -0.05) is 12.1 Å². The summed E-state index contributed by atoms with van der Waals surface area (Å²) in [6.07, 6.45) is 4.72. The first-order chi connectivity index (χ1) is 14.6. The number of hydrogen-bond donors (Lipinski definition) is 1. The summed E-state index contributed by atoms with van der Waals surface area (Å²) in [5.74, 6) is 0.531. The highest BCUT2D eigenvalue weighted by atomic mass is 16.5. The van der Waals surface area contributed by atoms with E-state index in [9.17, 15) is 4.79 Å². The van der Waals surface area contributed by atoms with Gasteiger partial charge in [-0.3, -0.25) is 9.48 Å². The van der Waals surface area contributed by atoms with Crippen molar-refractivity contribution in [3.8, 4) is 17.0 Å². The number of carbonyl (C=O) groups excluding carboxylic acids is 1. The summed E-state index contributed by atoms with van der Waals surface area (Å²) in [6.45, 7) is 5.13. The number of hydrogen-bond acceptors (Lipinski definition) is 6. The second-order valence-electron chi connectivity index (χ2n) is 7.03. The van der Waals surface area contributed by atoms with Gasteiger partial charge in [0.25, 0.3) is 11.6 Å². The number of aryl methyl sites for hydroxylation is 2. The van der Waals surface area contributed by atoms with E-state index in [4.69, 9.17) is 9.26 Å². The molecule has 0 aliphatic heterocycles. The molecule has 1 amide bonds. The predicted molar refractivity (Wildman–Crippen MR) is 112 cm³/mol. The van der Waals surface area contributed by atoms with E-state index in [0.29, 0.717) is 34.6 Å². The van der Waals surface area contributed by atoms with Crippen LogP contribution in [0.4, 0.5) is 0 Å². The number of nitrogens with one attached hydrogen (secondary N) is 1. The molecule has 0 spiro atoms. The van der Waals surface area contributed by atoms with Gasteiger partial charge in [-0.05, 0) is 43.7 Å². The first-order valence-corrected chi connectivity index (χ1v) is 9.80. The van der Waals surface area contributed by atoms with Crippen molar-refractivity contribution in [3.05, 3.63) is 59.5 Å². The van der Waals surface area contributed by atoms with E-state index in [0.717, 1.165) is 29.8 Å². The Hall–Kier alpha value is -3.68. The van der Waals surface area contributed by atoms with Crippen LogP contribution in [0, 0.1) is 6.92 Å². The Morgan fingerprint density at radius 3 is 2.80 bits per heavy atom. The number of carbonyl (C=O) groups is 1. The molecule has 3 heterocycles. The maximum atomic E-state index is 13.0. The van der Waals surface area contributed by atoms with E-state index in [1.54, 1.807) is 26.3 Å². The predicted octanol–water partition coefficient (Wildman–Crippen LogP) is 3.74. The van der Waals surface area contributed by atoms with Gasteiger partial charge in [-0.2, -0.15) is 5.10 Å². The molecule has 0 fully saturated rings. The normalized spacial score (nSPS) is 11.0. The number of rotatable bonds is 7. The van der Waals surface area contributed by atoms with Crippen molar-refractivity contribution in [2.45, 2.75) is 33.4 Å². The van der Waals surface area contributed by atoms with Gasteiger partial charge in [0.15, 0.2) is 0 Å². The number of pyridine rings is 1. The summed E-state index contributed by atoms with van der Waals surface area (Å²) in [5.41, 5.74) is 3.86. The largest absolute Gasteiger partial charge is 0.497 e. The maximum Gasteiger partial charge on any atom is 0.259 e. The zero-order valence-electron chi connectivity index (χ0n) is 17.2. The third-order valence-corrected chi connectivity index (χ3v) is 4.84. The molecule has 8 heteroatoms. The van der Waals surface area contributed by atoms with Crippen molar-refractivity contribution < 1.29 is 14.1 Å². The molecule has 154 valence electrons. The fourth-order valence-corrected chi connectivity index (χ4v) is 3.31. The van der Waals surface area contributed by atoms with E-state index < -0.39 is 0 Å². The zero-order valence-corrected chi connectivity index (χ0v) is 17.2. The highest BCUT2D eigenvalue weighted by molar-refractivity contribution is 6.06. The molecule has 0 radical (unpaired) electrons. The molecule has 30 heavy (non-hydrogen) atoms. The van der Waals surface area contributed by atoms with Gasteiger partial charge in [0.05, 0.1) is 35.6 Å². The van der Waals surface area contributed by atoms with Crippen LogP contribution in [0.1, 0.15) is 35.0 Å². The second-order valence-corrected chi connectivity index (χ2v) is 7.03. The van der Waals surface area contributed by atoms with Gasteiger partial charge in [0.2, 0.25) is 0 Å². The van der Waals surface area contributed by atoms with Gasteiger partial charge in [0, 0.05) is 30.4 Å². The molecule has 3 aromatic heterocycles. The van der Waals surface area contributed by atoms with E-state index in [1.807, 2.05) is 35.1 Å². The van der Waals surface area contributed by atoms with Gasteiger partial charge < -0.3 is 14.6 Å². The lowest BCUT2D eigenvalue weighted by molar-refractivity contribution is 0.0952. The van der Waals surface area contributed by atoms with Crippen LogP contribution >= 0.6 is 0 Å². The summed E-state index contributed by atoms with van der Waals surface area (Å²) in [5, 5.41) is 11.9. The molecule has 0 bridgehead atoms. The summed E-state index contributed by atoms with van der Waals surface area (Å²) in [7, 11) is 1.62. The van der Waals surface area contributed by atoms with Crippen LogP contribution in [0.25, 0.3) is 22.4 Å². The first kappa shape index (κ1) is 19.6. The minimum absolute atomic E-state index is 0.216. The van der Waals surface area contributed by atoms with Crippen LogP contribution in [0.2, 0.25) is 0 Å². The number of benzene rings is 1. The minimum Gasteiger partial charge on any atom is -0.497 e. The topological polar surface area (TPSA) is 95.1 Å². The van der Waals surface area contributed by atoms with Crippen molar-refractivity contribution in [1.29, 1.82) is 0 Å². The van der Waals surface area contributed by atoms with Crippen LogP contribution in [-0.2, 0) is 13.1 Å². The number of amides is 1. The maximum absolute atomic E-state index is 13.0. The van der Waals surface area contributed by atoms with Gasteiger partial charge in [-0.15, -0.1) is 0 Å². The number of aromatic nitrogens is 4. The Bertz CT molecular complexity index is 1180. The summed E-state index contributed by atoms with van der Waals surface area (Å²) in [6, 6.07) is 9.24. The monoisotopic (exact) mass is 405 g/mol. The molecule has 1 aromatic carbocycles. The van der Waals surface area contributed by atoms with E-state index in [1.165, 1.54) is 0 Å². The first-order valence-electron chi connectivity index (χ1n) is 9.80. The number of fused-ring (bicyclic) bond motifs is 1. The van der Waals surface area contributed by atoms with Crippen molar-refractivity contribution >= 4 is 17.0 Å². The fraction of sp³-hybridized carbons (Fsp3) is 0.273. The van der Waals surface area contributed by atoms with Crippen LogP contribution in [0.15, 0.2) is 47.2 Å². The van der Waals surface area contributed by atoms with Crippen molar-refractivity contribution in [2.75, 3.05) is 7.11 Å². The molecular weight excluding hydrogens is 382 g/mol. The minimum atomic E-state index is -0.216. The van der Waals surface area contributed by atoms with Crippen molar-refractivity contribution in [1.82, 2.24) is 25.2 Å². The molecule has 0 saturated carbocycles. The molecule has 0 atom stereocenters. The van der Waals surface area contributed by atoms with Crippen LogP contribution in [0.5, 0.6) is 5.75 Å². The third-order valence-electron chi connectivity index (χ3n) is 4.84. The smallest absolute Gasteiger partial charge is 0.259 e. The van der Waals surface area contributed by atoms with Crippen molar-refractivity contribution in [2.24, 2.45) is 0 Å². The Morgan fingerprint density at radius 1 is 1.27 bits per heavy atom. The molecule has 4 aromatic rings. The molecule has 0 saturated heterocycles. The highest BCUT2D eigenvalue weighted by Crippen LogP contribution is 2.28. The van der Waals surface area contributed by atoms with E-state index in [-0.39, 0.29) is 5.91 Å². The Kier molecular flexibility index (Phi) is 5.47. The van der Waals surface area contributed by atoms with E-state index >= 15 is 0 Å². The summed E-state index contributed by atoms with van der Waals surface area (Å²) >= 11 is 0. The number of nitrogens with zero attached hydrogens (tertiary/aromatic N) is 4. The standard InChI is InChI=1S/C22H23N5O3/c1-4-9-27-13-15(12-24-27)11-23-21(28)18-10-19(16-5-7-17(29-3)8-6-16)25-22-20(18)14(2)26-30-22/h5-8,10,12-13H,4,9,11H2,1-3H3,(H,23,28). The molecule has 8 nitrogen and oxygen atoms in total. The third kappa shape index (κ3) is 3.89. The second kappa shape index (κ2) is 8.36. The Morgan fingerprint density at radius 2 is 2.07 bits per heavy atom. The van der Waals surface area contributed by atoms with E-state index in [2.05, 4.69) is 27.5 Å². The molecule has 1 N–H and O–H groups in total. The SMILES string of the molecule is CCCn1cc(CNC(=O)c2cc(-c3ccc(OC)cc3)nc3onc(C)c23)cn1. The average Bonchev–Trinajstić information content (AvgIpc) is 3.38. The Balaban J connectivity index is 1.63. The fourth-order valence-electron chi connectivity index (χ4n) is 3.31. The van der Waals surface area contributed by atoms with Gasteiger partial charge in [-0.25, -0.2) is 4.98 Å². The summed E-state index contributed by atoms with van der Waals surface area (Å²) < 4.78 is 12.4. The molecular formula is C22H23N5O3. The van der Waals surface area contributed by atoms with Crippen LogP contribution in [-0.4, -0.2) is 32.9 Å². The lowest BCUT2D eigenvalue weighted by atomic mass is 10.0. The molecule has 0 unspecified atom stereocenters.